The number of esters is 2. The topological polar surface area (TPSA) is 52.6 Å². The minimum absolute atomic E-state index is 0.254. The Morgan fingerprint density at radius 3 is 1.21 bits per heavy atom. The average molecular weight is 639 g/mol. The molecule has 0 amide bonds. The van der Waals surface area contributed by atoms with Crippen LogP contribution in [0.4, 0.5) is 0 Å². The fraction of sp³-hybridized carbons (Fsp3) is 0.318. The van der Waals surface area contributed by atoms with Crippen LogP contribution in [0.1, 0.15) is 90.2 Å². The molecule has 0 bridgehead atoms. The lowest BCUT2D eigenvalue weighted by Gasteiger charge is -2.22. The number of hydrogen-bond acceptors (Lipinski definition) is 4. The van der Waals surface area contributed by atoms with Crippen LogP contribution in [0, 0.1) is 0 Å². The summed E-state index contributed by atoms with van der Waals surface area (Å²) < 4.78 is 12.3. The molecule has 6 aromatic carbocycles. The van der Waals surface area contributed by atoms with Crippen LogP contribution in [0.15, 0.2) is 84.9 Å². The first-order chi connectivity index (χ1) is 23.5. The lowest BCUT2D eigenvalue weighted by molar-refractivity contribution is -0.134. The van der Waals surface area contributed by atoms with Gasteiger partial charge >= 0.3 is 11.9 Å². The Labute approximate surface area is 284 Å². The number of aryl methyl sites for hydroxylation is 2. The number of unbranched alkanes of at least 4 members (excludes halogenated alkanes) is 4. The van der Waals surface area contributed by atoms with Crippen molar-refractivity contribution in [3.63, 3.8) is 0 Å². The maximum absolute atomic E-state index is 12.8. The number of carbonyl (C=O) groups is 2. The van der Waals surface area contributed by atoms with Gasteiger partial charge in [0, 0.05) is 34.4 Å². The molecule has 0 saturated heterocycles. The van der Waals surface area contributed by atoms with Crippen molar-refractivity contribution < 1.29 is 19.1 Å². The van der Waals surface area contributed by atoms with Gasteiger partial charge in [-0.15, -0.1) is 0 Å². The summed E-state index contributed by atoms with van der Waals surface area (Å²) in [6.45, 7) is 8.12. The highest BCUT2D eigenvalue weighted by molar-refractivity contribution is 6.27. The van der Waals surface area contributed by atoms with E-state index in [9.17, 15) is 9.59 Å². The lowest BCUT2D eigenvalue weighted by atomic mass is 9.84. The van der Waals surface area contributed by atoms with E-state index in [0.717, 1.165) is 92.7 Å². The van der Waals surface area contributed by atoms with Gasteiger partial charge in [0.15, 0.2) is 0 Å². The highest BCUT2D eigenvalue weighted by Crippen LogP contribution is 2.50. The molecule has 246 valence electrons. The van der Waals surface area contributed by atoms with Crippen LogP contribution < -0.4 is 9.47 Å². The van der Waals surface area contributed by atoms with Gasteiger partial charge in [0.2, 0.25) is 0 Å². The molecule has 6 rings (SSSR count). The van der Waals surface area contributed by atoms with Crippen LogP contribution >= 0.6 is 0 Å². The number of carbonyl (C=O) groups excluding carboxylic acids is 2. The summed E-state index contributed by atoms with van der Waals surface area (Å²) in [6, 6.07) is 29.8. The molecule has 6 aromatic rings. The van der Waals surface area contributed by atoms with Crippen LogP contribution in [-0.4, -0.2) is 11.9 Å². The van der Waals surface area contributed by atoms with Gasteiger partial charge in [-0.1, -0.05) is 138 Å². The number of rotatable bonds is 13. The van der Waals surface area contributed by atoms with E-state index in [1.54, 1.807) is 0 Å². The van der Waals surface area contributed by atoms with Crippen LogP contribution in [0.25, 0.3) is 54.2 Å². The van der Waals surface area contributed by atoms with E-state index in [0.29, 0.717) is 24.3 Å². The standard InChI is InChI=1S/C44H46O4/c1-5-9-11-17-29-23-25-35-37(27-29)41(31-19-13-15-21-33(31)43(35)47-39(45)7-3)42-32-20-14-16-22-34(32)44(48-40(46)8-4)36-26-24-30(28-38(36)42)18-12-10-6-2/h13-16,19-28H,5-12,17-18H2,1-4H3. The van der Waals surface area contributed by atoms with Crippen LogP contribution in [0.5, 0.6) is 11.5 Å². The van der Waals surface area contributed by atoms with Gasteiger partial charge in [-0.3, -0.25) is 9.59 Å². The van der Waals surface area contributed by atoms with Crippen molar-refractivity contribution in [2.24, 2.45) is 0 Å². The van der Waals surface area contributed by atoms with Crippen molar-refractivity contribution in [1.29, 1.82) is 0 Å². The van der Waals surface area contributed by atoms with Crippen molar-refractivity contribution in [3.05, 3.63) is 96.1 Å². The first-order valence-corrected chi connectivity index (χ1v) is 17.8. The normalized spacial score (nSPS) is 11.5. The largest absolute Gasteiger partial charge is 0.425 e. The Morgan fingerprint density at radius 2 is 0.833 bits per heavy atom. The van der Waals surface area contributed by atoms with E-state index in [2.05, 4.69) is 86.6 Å². The molecule has 0 aliphatic carbocycles. The first kappa shape index (κ1) is 33.2. The van der Waals surface area contributed by atoms with Crippen molar-refractivity contribution in [2.45, 2.75) is 91.9 Å². The third kappa shape index (κ3) is 6.54. The van der Waals surface area contributed by atoms with Crippen molar-refractivity contribution in [1.82, 2.24) is 0 Å². The van der Waals surface area contributed by atoms with E-state index in [1.807, 2.05) is 26.0 Å². The van der Waals surface area contributed by atoms with Crippen LogP contribution in [0.2, 0.25) is 0 Å². The molecule has 0 fully saturated rings. The number of benzene rings is 6. The second-order valence-corrected chi connectivity index (χ2v) is 12.8. The SMILES string of the molecule is CCCCCc1ccc2c(OC(=O)CC)c3ccccc3c(-c3c4ccccc4c(OC(=O)CC)c4ccc(CCCCC)cc34)c2c1. The van der Waals surface area contributed by atoms with Crippen molar-refractivity contribution in [2.75, 3.05) is 0 Å². The van der Waals surface area contributed by atoms with Gasteiger partial charge in [0.05, 0.1) is 0 Å². The maximum atomic E-state index is 12.8. The molecule has 0 heterocycles. The first-order valence-electron chi connectivity index (χ1n) is 17.8. The molecule has 0 aliphatic rings. The molecule has 0 atom stereocenters. The Balaban J connectivity index is 1.78. The van der Waals surface area contributed by atoms with Gasteiger partial charge in [0.1, 0.15) is 11.5 Å². The fourth-order valence-electron chi connectivity index (χ4n) is 6.97. The molecule has 0 spiro atoms. The summed E-state index contributed by atoms with van der Waals surface area (Å²) >= 11 is 0. The molecular formula is C44H46O4. The molecule has 4 nitrogen and oxygen atoms in total. The summed E-state index contributed by atoms with van der Waals surface area (Å²) in [5.41, 5.74) is 4.74. The van der Waals surface area contributed by atoms with Crippen LogP contribution in [0.3, 0.4) is 0 Å². The fourth-order valence-corrected chi connectivity index (χ4v) is 6.97. The Bertz CT molecular complexity index is 1970. The third-order valence-corrected chi connectivity index (χ3v) is 9.48. The number of ether oxygens (including phenoxy) is 2. The minimum Gasteiger partial charge on any atom is -0.425 e. The highest BCUT2D eigenvalue weighted by atomic mass is 16.5. The Kier molecular flexibility index (Phi) is 10.4. The minimum atomic E-state index is -0.254. The van der Waals surface area contributed by atoms with Crippen LogP contribution in [-0.2, 0) is 22.4 Å². The predicted molar refractivity (Wildman–Crippen MR) is 200 cm³/mol. The third-order valence-electron chi connectivity index (χ3n) is 9.48. The average Bonchev–Trinajstić information content (AvgIpc) is 3.12. The van der Waals surface area contributed by atoms with E-state index in [4.69, 9.17) is 9.47 Å². The molecule has 0 aliphatic heterocycles. The zero-order chi connectivity index (χ0) is 33.6. The summed E-state index contributed by atoms with van der Waals surface area (Å²) in [4.78, 5) is 25.7. The van der Waals surface area contributed by atoms with Gasteiger partial charge in [0.25, 0.3) is 0 Å². The zero-order valence-electron chi connectivity index (χ0n) is 28.8. The zero-order valence-corrected chi connectivity index (χ0v) is 28.8. The predicted octanol–water partition coefficient (Wildman–Crippen LogP) is 12.1. The van der Waals surface area contributed by atoms with E-state index >= 15 is 0 Å². The second kappa shape index (κ2) is 15.0. The van der Waals surface area contributed by atoms with Crippen molar-refractivity contribution in [3.8, 4) is 22.6 Å². The highest BCUT2D eigenvalue weighted by Gasteiger charge is 2.24. The monoisotopic (exact) mass is 638 g/mol. The molecule has 4 heteroatoms. The van der Waals surface area contributed by atoms with E-state index in [-0.39, 0.29) is 11.9 Å². The second-order valence-electron chi connectivity index (χ2n) is 12.8. The summed E-state index contributed by atoms with van der Waals surface area (Å²) in [6.07, 6.45) is 9.46. The van der Waals surface area contributed by atoms with Gasteiger partial charge in [-0.2, -0.15) is 0 Å². The molecule has 0 saturated carbocycles. The van der Waals surface area contributed by atoms with Gasteiger partial charge < -0.3 is 9.47 Å². The molecule has 0 unspecified atom stereocenters. The summed E-state index contributed by atoms with van der Waals surface area (Å²) in [5, 5.41) is 7.80. The number of fused-ring (bicyclic) bond motifs is 4. The maximum Gasteiger partial charge on any atom is 0.310 e. The smallest absolute Gasteiger partial charge is 0.310 e. The number of hydrogen-bond donors (Lipinski definition) is 0. The molecule has 0 N–H and O–H groups in total. The molecule has 48 heavy (non-hydrogen) atoms. The summed E-state index contributed by atoms with van der Waals surface area (Å²) in [5.74, 6) is 0.712. The van der Waals surface area contributed by atoms with E-state index in [1.165, 1.54) is 24.0 Å². The molecule has 0 radical (unpaired) electrons. The molecular weight excluding hydrogens is 592 g/mol. The van der Waals surface area contributed by atoms with E-state index < -0.39 is 0 Å². The van der Waals surface area contributed by atoms with Crippen molar-refractivity contribution >= 4 is 55.0 Å². The van der Waals surface area contributed by atoms with Gasteiger partial charge in [-0.25, -0.2) is 0 Å². The lowest BCUT2D eigenvalue weighted by Crippen LogP contribution is -2.08. The Hall–Kier alpha value is -4.70. The molecule has 0 aromatic heterocycles. The Morgan fingerprint density at radius 1 is 0.458 bits per heavy atom. The van der Waals surface area contributed by atoms with Gasteiger partial charge in [-0.05, 0) is 69.5 Å². The quantitative estimate of drug-likeness (QED) is 0.0547. The summed E-state index contributed by atoms with van der Waals surface area (Å²) in [7, 11) is 0.